The Bertz CT molecular complexity index is 325. The quantitative estimate of drug-likeness (QED) is 0.529. The lowest BCUT2D eigenvalue weighted by molar-refractivity contribution is 0.295. The molecule has 0 amide bonds. The molecule has 1 rings (SSSR count). The first-order valence-electron chi connectivity index (χ1n) is 4.54. The summed E-state index contributed by atoms with van der Waals surface area (Å²) in [7, 11) is 1.69. The predicted molar refractivity (Wildman–Crippen MR) is 59.5 cm³/mol. The first-order chi connectivity index (χ1) is 6.76. The molecule has 0 aliphatic carbocycles. The van der Waals surface area contributed by atoms with Gasteiger partial charge in [-0.3, -0.25) is 4.99 Å². The number of ether oxygens (including phenoxy) is 1. The summed E-state index contributed by atoms with van der Waals surface area (Å²) in [6, 6.07) is 8.22. The van der Waals surface area contributed by atoms with Gasteiger partial charge in [0.15, 0.2) is 0 Å². The van der Waals surface area contributed by atoms with Gasteiger partial charge in [0, 0.05) is 7.05 Å². The van der Waals surface area contributed by atoms with E-state index in [0.29, 0.717) is 12.5 Å². The molecule has 0 aromatic heterocycles. The van der Waals surface area contributed by atoms with E-state index < -0.39 is 0 Å². The van der Waals surface area contributed by atoms with E-state index in [4.69, 9.17) is 4.74 Å². The summed E-state index contributed by atoms with van der Waals surface area (Å²) in [5, 5.41) is 0. The van der Waals surface area contributed by atoms with Crippen molar-refractivity contribution in [2.45, 2.75) is 13.5 Å². The van der Waals surface area contributed by atoms with E-state index in [-0.39, 0.29) is 0 Å². The van der Waals surface area contributed by atoms with Crippen molar-refractivity contribution in [1.29, 1.82) is 0 Å². The van der Waals surface area contributed by atoms with Crippen molar-refractivity contribution in [3.05, 3.63) is 48.0 Å². The van der Waals surface area contributed by atoms with Gasteiger partial charge in [0.05, 0.1) is 0 Å². The Kier molecular flexibility index (Phi) is 3.92. The zero-order chi connectivity index (χ0) is 10.4. The van der Waals surface area contributed by atoms with Crippen LogP contribution in [-0.2, 0) is 11.3 Å². The minimum atomic E-state index is 0.541. The molecule has 0 aliphatic rings. The second-order valence-corrected chi connectivity index (χ2v) is 3.04. The van der Waals surface area contributed by atoms with Gasteiger partial charge in [-0.2, -0.15) is 0 Å². The summed E-state index contributed by atoms with van der Waals surface area (Å²) in [5.41, 5.74) is 2.39. The molecule has 0 saturated heterocycles. The van der Waals surface area contributed by atoms with Gasteiger partial charge >= 0.3 is 0 Å². The van der Waals surface area contributed by atoms with E-state index in [9.17, 15) is 0 Å². The van der Waals surface area contributed by atoms with Crippen molar-refractivity contribution in [2.75, 3.05) is 7.05 Å². The smallest absolute Gasteiger partial charge is 0.207 e. The molecule has 0 atom stereocenters. The normalized spacial score (nSPS) is 11.1. The highest BCUT2D eigenvalue weighted by molar-refractivity contribution is 5.86. The Morgan fingerprint density at radius 1 is 1.43 bits per heavy atom. The number of hydrogen-bond donors (Lipinski definition) is 0. The molecule has 2 nitrogen and oxygen atoms in total. The fourth-order valence-corrected chi connectivity index (χ4v) is 1.06. The maximum absolute atomic E-state index is 5.40. The molecule has 0 saturated carbocycles. The van der Waals surface area contributed by atoms with Gasteiger partial charge in [-0.05, 0) is 18.6 Å². The topological polar surface area (TPSA) is 21.6 Å². The van der Waals surface area contributed by atoms with Crippen molar-refractivity contribution in [1.82, 2.24) is 0 Å². The van der Waals surface area contributed by atoms with Crippen LogP contribution in [0.2, 0.25) is 0 Å². The summed E-state index contributed by atoms with van der Waals surface area (Å²) in [6.07, 6.45) is 1.61. The molecule has 0 aliphatic heterocycles. The van der Waals surface area contributed by atoms with Crippen LogP contribution in [-0.4, -0.2) is 12.9 Å². The number of nitrogens with zero attached hydrogens (tertiary/aromatic N) is 1. The highest BCUT2D eigenvalue weighted by Gasteiger charge is 1.95. The van der Waals surface area contributed by atoms with Crippen LogP contribution in [0.25, 0.3) is 0 Å². The van der Waals surface area contributed by atoms with Gasteiger partial charge in [0.25, 0.3) is 0 Å². The third-order valence-corrected chi connectivity index (χ3v) is 1.90. The van der Waals surface area contributed by atoms with Gasteiger partial charge in [-0.25, -0.2) is 0 Å². The molecule has 2 heteroatoms. The van der Waals surface area contributed by atoms with Crippen molar-refractivity contribution in [3.8, 4) is 0 Å². The molecular formula is C12H15NO. The molecule has 0 heterocycles. The molecule has 0 unspecified atom stereocenters. The van der Waals surface area contributed by atoms with Crippen LogP contribution in [0.3, 0.4) is 0 Å². The molecule has 0 spiro atoms. The lowest BCUT2D eigenvalue weighted by Crippen LogP contribution is -2.00. The van der Waals surface area contributed by atoms with E-state index in [2.05, 4.69) is 30.6 Å². The molecule has 0 fully saturated rings. The molecule has 0 N–H and O–H groups in total. The van der Waals surface area contributed by atoms with E-state index in [1.165, 1.54) is 5.56 Å². The minimum absolute atomic E-state index is 0.541. The molecular weight excluding hydrogens is 174 g/mol. The molecule has 1 aromatic carbocycles. The molecule has 0 bridgehead atoms. The summed E-state index contributed by atoms with van der Waals surface area (Å²) in [5.74, 6) is 0.575. The Hall–Kier alpha value is -1.57. The third kappa shape index (κ3) is 3.05. The highest BCUT2D eigenvalue weighted by Crippen LogP contribution is 2.04. The van der Waals surface area contributed by atoms with Gasteiger partial charge in [0.1, 0.15) is 6.61 Å². The average Bonchev–Trinajstić information content (AvgIpc) is 2.22. The summed E-state index contributed by atoms with van der Waals surface area (Å²) < 4.78 is 5.40. The number of aliphatic imine (C=N–C) groups is 1. The van der Waals surface area contributed by atoms with Crippen LogP contribution in [0, 0.1) is 6.92 Å². The fraction of sp³-hybridized carbons (Fsp3) is 0.250. The fourth-order valence-electron chi connectivity index (χ4n) is 1.06. The van der Waals surface area contributed by atoms with Crippen LogP contribution in [0.4, 0.5) is 0 Å². The Morgan fingerprint density at radius 2 is 2.07 bits per heavy atom. The van der Waals surface area contributed by atoms with Crippen molar-refractivity contribution >= 4 is 5.90 Å². The van der Waals surface area contributed by atoms with E-state index in [1.54, 1.807) is 13.1 Å². The van der Waals surface area contributed by atoms with Gasteiger partial charge < -0.3 is 4.74 Å². The third-order valence-electron chi connectivity index (χ3n) is 1.90. The summed E-state index contributed by atoms with van der Waals surface area (Å²) >= 11 is 0. The maximum Gasteiger partial charge on any atom is 0.207 e. The van der Waals surface area contributed by atoms with Crippen LogP contribution >= 0.6 is 0 Å². The van der Waals surface area contributed by atoms with Crippen molar-refractivity contribution < 1.29 is 4.74 Å². The first kappa shape index (κ1) is 10.5. The Balaban J connectivity index is 2.53. The average molecular weight is 189 g/mol. The van der Waals surface area contributed by atoms with E-state index >= 15 is 0 Å². The Morgan fingerprint density at radius 3 is 2.57 bits per heavy atom. The second-order valence-electron chi connectivity index (χ2n) is 3.04. The lowest BCUT2D eigenvalue weighted by atomic mass is 10.2. The van der Waals surface area contributed by atoms with Gasteiger partial charge in [0.2, 0.25) is 5.90 Å². The number of aryl methyl sites for hydroxylation is 1. The van der Waals surface area contributed by atoms with Crippen molar-refractivity contribution in [2.24, 2.45) is 4.99 Å². The van der Waals surface area contributed by atoms with Crippen LogP contribution < -0.4 is 0 Å². The summed E-state index contributed by atoms with van der Waals surface area (Å²) in [6.45, 7) is 6.21. The molecule has 14 heavy (non-hydrogen) atoms. The van der Waals surface area contributed by atoms with Crippen molar-refractivity contribution in [3.63, 3.8) is 0 Å². The Labute approximate surface area is 84.9 Å². The van der Waals surface area contributed by atoms with E-state index in [0.717, 1.165) is 5.56 Å². The molecule has 74 valence electrons. The standard InChI is InChI=1S/C12H15NO/c1-4-12(13-3)14-9-11-7-5-10(2)6-8-11/h4-8H,1,9H2,2-3H3. The molecule has 1 aromatic rings. The van der Waals surface area contributed by atoms with Crippen LogP contribution in [0.1, 0.15) is 11.1 Å². The SMILES string of the molecule is C=CC(=NC)OCc1ccc(C)cc1. The number of hydrogen-bond acceptors (Lipinski definition) is 2. The second kappa shape index (κ2) is 5.22. The molecule has 0 radical (unpaired) electrons. The minimum Gasteiger partial charge on any atom is -0.473 e. The largest absolute Gasteiger partial charge is 0.473 e. The lowest BCUT2D eigenvalue weighted by Gasteiger charge is -2.05. The zero-order valence-corrected chi connectivity index (χ0v) is 8.66. The monoisotopic (exact) mass is 189 g/mol. The predicted octanol–water partition coefficient (Wildman–Crippen LogP) is 2.73. The zero-order valence-electron chi connectivity index (χ0n) is 8.66. The number of benzene rings is 1. The van der Waals surface area contributed by atoms with Gasteiger partial charge in [-0.15, -0.1) is 0 Å². The van der Waals surface area contributed by atoms with E-state index in [1.807, 2.05) is 12.1 Å². The number of rotatable bonds is 3. The summed E-state index contributed by atoms with van der Waals surface area (Å²) in [4.78, 5) is 3.92. The van der Waals surface area contributed by atoms with Gasteiger partial charge in [-0.1, -0.05) is 36.4 Å². The maximum atomic E-state index is 5.40. The van der Waals surface area contributed by atoms with Crippen LogP contribution in [0.15, 0.2) is 41.9 Å². The van der Waals surface area contributed by atoms with Crippen LogP contribution in [0.5, 0.6) is 0 Å². The highest BCUT2D eigenvalue weighted by atomic mass is 16.5. The first-order valence-corrected chi connectivity index (χ1v) is 4.54.